The molecule has 0 aliphatic heterocycles. The largest absolute Gasteiger partial charge is 0.394 e. The SMILES string of the molecule is O=C(NC(CO)c1ccccc1)c1cccc(Nc2cnccn2)c1. The van der Waals surface area contributed by atoms with Crippen LogP contribution in [0.15, 0.2) is 73.2 Å². The number of benzene rings is 2. The Bertz CT molecular complexity index is 825. The number of carbonyl (C=O) groups is 1. The molecule has 1 atom stereocenters. The van der Waals surface area contributed by atoms with E-state index in [-0.39, 0.29) is 12.5 Å². The summed E-state index contributed by atoms with van der Waals surface area (Å²) in [5, 5.41) is 15.5. The number of hydrogen-bond acceptors (Lipinski definition) is 5. The molecule has 1 unspecified atom stereocenters. The molecule has 3 rings (SSSR count). The van der Waals surface area contributed by atoms with Crippen LogP contribution in [0.25, 0.3) is 0 Å². The van der Waals surface area contributed by atoms with Gasteiger partial charge in [0.1, 0.15) is 5.82 Å². The summed E-state index contributed by atoms with van der Waals surface area (Å²) in [5.74, 6) is 0.336. The van der Waals surface area contributed by atoms with Crippen molar-refractivity contribution in [3.63, 3.8) is 0 Å². The minimum absolute atomic E-state index is 0.173. The maximum absolute atomic E-state index is 12.5. The molecule has 6 nitrogen and oxygen atoms in total. The van der Waals surface area contributed by atoms with Gasteiger partial charge in [-0.2, -0.15) is 0 Å². The Kier molecular flexibility index (Phi) is 5.33. The highest BCUT2D eigenvalue weighted by Gasteiger charge is 2.15. The Morgan fingerprint density at radius 1 is 1.08 bits per heavy atom. The molecule has 2 aromatic carbocycles. The van der Waals surface area contributed by atoms with Gasteiger partial charge in [0, 0.05) is 23.6 Å². The van der Waals surface area contributed by atoms with E-state index in [0.717, 1.165) is 11.3 Å². The first kappa shape index (κ1) is 16.6. The predicted molar refractivity (Wildman–Crippen MR) is 95.5 cm³/mol. The van der Waals surface area contributed by atoms with E-state index < -0.39 is 6.04 Å². The number of aromatic nitrogens is 2. The van der Waals surface area contributed by atoms with Crippen LogP contribution in [-0.2, 0) is 0 Å². The number of amides is 1. The molecule has 1 aromatic heterocycles. The van der Waals surface area contributed by atoms with Crippen molar-refractivity contribution < 1.29 is 9.90 Å². The smallest absolute Gasteiger partial charge is 0.251 e. The number of aliphatic hydroxyl groups is 1. The van der Waals surface area contributed by atoms with Crippen molar-refractivity contribution in [2.75, 3.05) is 11.9 Å². The summed E-state index contributed by atoms with van der Waals surface area (Å²) in [7, 11) is 0. The second kappa shape index (κ2) is 8.03. The van der Waals surface area contributed by atoms with Crippen molar-refractivity contribution in [2.45, 2.75) is 6.04 Å². The molecule has 126 valence electrons. The number of nitrogens with zero attached hydrogens (tertiary/aromatic N) is 2. The first-order valence-electron chi connectivity index (χ1n) is 7.86. The standard InChI is InChI=1S/C19H18N4O2/c24-13-17(14-5-2-1-3-6-14)23-19(25)15-7-4-8-16(11-15)22-18-12-20-9-10-21-18/h1-12,17,24H,13H2,(H,21,22)(H,23,25). The topological polar surface area (TPSA) is 87.1 Å². The molecule has 0 radical (unpaired) electrons. The summed E-state index contributed by atoms with van der Waals surface area (Å²) >= 11 is 0. The van der Waals surface area contributed by atoms with Gasteiger partial charge >= 0.3 is 0 Å². The maximum atomic E-state index is 12.5. The molecule has 0 bridgehead atoms. The molecule has 0 aliphatic carbocycles. The second-order valence-electron chi connectivity index (χ2n) is 5.42. The lowest BCUT2D eigenvalue weighted by Gasteiger charge is -2.17. The lowest BCUT2D eigenvalue weighted by Crippen LogP contribution is -2.30. The van der Waals surface area contributed by atoms with Crippen molar-refractivity contribution in [1.82, 2.24) is 15.3 Å². The molecule has 0 saturated heterocycles. The molecule has 0 saturated carbocycles. The third-order valence-corrected chi connectivity index (χ3v) is 3.65. The number of aliphatic hydroxyl groups excluding tert-OH is 1. The molecular weight excluding hydrogens is 316 g/mol. The lowest BCUT2D eigenvalue weighted by molar-refractivity contribution is 0.0916. The Balaban J connectivity index is 1.73. The zero-order valence-corrected chi connectivity index (χ0v) is 13.5. The second-order valence-corrected chi connectivity index (χ2v) is 5.42. The van der Waals surface area contributed by atoms with Gasteiger partial charge in [-0.15, -0.1) is 0 Å². The summed E-state index contributed by atoms with van der Waals surface area (Å²) < 4.78 is 0. The van der Waals surface area contributed by atoms with Crippen LogP contribution in [0.2, 0.25) is 0 Å². The summed E-state index contributed by atoms with van der Waals surface area (Å²) in [5.41, 5.74) is 2.07. The van der Waals surface area contributed by atoms with Gasteiger partial charge in [-0.25, -0.2) is 4.98 Å². The average molecular weight is 334 g/mol. The van der Waals surface area contributed by atoms with Crippen LogP contribution in [-0.4, -0.2) is 27.6 Å². The summed E-state index contributed by atoms with van der Waals surface area (Å²) in [6.45, 7) is -0.173. The predicted octanol–water partition coefficient (Wildman–Crippen LogP) is 2.68. The van der Waals surface area contributed by atoms with Crippen molar-refractivity contribution >= 4 is 17.4 Å². The number of carbonyl (C=O) groups excluding carboxylic acids is 1. The fourth-order valence-electron chi connectivity index (χ4n) is 2.41. The van der Waals surface area contributed by atoms with Gasteiger partial charge in [0.05, 0.1) is 18.8 Å². The van der Waals surface area contributed by atoms with Crippen LogP contribution in [0.5, 0.6) is 0 Å². The minimum Gasteiger partial charge on any atom is -0.394 e. The van der Waals surface area contributed by atoms with Crippen molar-refractivity contribution in [3.05, 3.63) is 84.3 Å². The molecule has 0 spiro atoms. The van der Waals surface area contributed by atoms with Crippen LogP contribution < -0.4 is 10.6 Å². The monoisotopic (exact) mass is 334 g/mol. The molecule has 0 fully saturated rings. The van der Waals surface area contributed by atoms with Gasteiger partial charge in [-0.3, -0.25) is 9.78 Å². The Morgan fingerprint density at radius 2 is 1.92 bits per heavy atom. The van der Waals surface area contributed by atoms with Crippen molar-refractivity contribution in [2.24, 2.45) is 0 Å². The van der Waals surface area contributed by atoms with Gasteiger partial charge in [-0.05, 0) is 23.8 Å². The van der Waals surface area contributed by atoms with Crippen molar-refractivity contribution in [1.29, 1.82) is 0 Å². The average Bonchev–Trinajstić information content (AvgIpc) is 2.67. The highest BCUT2D eigenvalue weighted by Crippen LogP contribution is 2.17. The molecule has 3 N–H and O–H groups in total. The van der Waals surface area contributed by atoms with E-state index in [1.165, 1.54) is 0 Å². The first-order valence-corrected chi connectivity index (χ1v) is 7.86. The minimum atomic E-state index is -0.453. The van der Waals surface area contributed by atoms with E-state index in [2.05, 4.69) is 20.6 Å². The normalized spacial score (nSPS) is 11.6. The fourth-order valence-corrected chi connectivity index (χ4v) is 2.41. The molecule has 3 aromatic rings. The van der Waals surface area contributed by atoms with Gasteiger partial charge < -0.3 is 15.7 Å². The molecular formula is C19H18N4O2. The van der Waals surface area contributed by atoms with E-state index in [1.807, 2.05) is 36.4 Å². The van der Waals surface area contributed by atoms with E-state index in [9.17, 15) is 9.90 Å². The molecule has 6 heteroatoms. The van der Waals surface area contributed by atoms with Gasteiger partial charge in [-0.1, -0.05) is 36.4 Å². The molecule has 1 amide bonds. The van der Waals surface area contributed by atoms with E-state index in [0.29, 0.717) is 11.4 Å². The zero-order chi connectivity index (χ0) is 17.5. The van der Waals surface area contributed by atoms with Gasteiger partial charge in [0.25, 0.3) is 5.91 Å². The van der Waals surface area contributed by atoms with Gasteiger partial charge in [0.2, 0.25) is 0 Å². The van der Waals surface area contributed by atoms with Crippen LogP contribution in [0.3, 0.4) is 0 Å². The van der Waals surface area contributed by atoms with Crippen LogP contribution in [0.1, 0.15) is 22.0 Å². The zero-order valence-electron chi connectivity index (χ0n) is 13.5. The van der Waals surface area contributed by atoms with E-state index in [4.69, 9.17) is 0 Å². The maximum Gasteiger partial charge on any atom is 0.251 e. The van der Waals surface area contributed by atoms with E-state index >= 15 is 0 Å². The summed E-state index contributed by atoms with van der Waals surface area (Å²) in [6.07, 6.45) is 4.78. The number of anilines is 2. The summed E-state index contributed by atoms with van der Waals surface area (Å²) in [6, 6.07) is 16.0. The third-order valence-electron chi connectivity index (χ3n) is 3.65. The Morgan fingerprint density at radius 3 is 2.64 bits per heavy atom. The Hall–Kier alpha value is -3.25. The van der Waals surface area contributed by atoms with Gasteiger partial charge in [0.15, 0.2) is 0 Å². The van der Waals surface area contributed by atoms with Crippen molar-refractivity contribution in [3.8, 4) is 0 Å². The highest BCUT2D eigenvalue weighted by molar-refractivity contribution is 5.95. The van der Waals surface area contributed by atoms with Crippen LogP contribution in [0, 0.1) is 0 Å². The summed E-state index contributed by atoms with van der Waals surface area (Å²) in [4.78, 5) is 20.6. The first-order chi connectivity index (χ1) is 12.3. The number of rotatable bonds is 6. The molecule has 1 heterocycles. The molecule has 25 heavy (non-hydrogen) atoms. The van der Waals surface area contributed by atoms with E-state index in [1.54, 1.807) is 36.8 Å². The fraction of sp³-hybridized carbons (Fsp3) is 0.105. The number of hydrogen-bond donors (Lipinski definition) is 3. The third kappa shape index (κ3) is 4.39. The quantitative estimate of drug-likeness (QED) is 0.645. The lowest BCUT2D eigenvalue weighted by atomic mass is 10.1. The Labute approximate surface area is 145 Å². The van der Waals surface area contributed by atoms with Crippen LogP contribution in [0.4, 0.5) is 11.5 Å². The number of nitrogens with one attached hydrogen (secondary N) is 2. The highest BCUT2D eigenvalue weighted by atomic mass is 16.3. The van der Waals surface area contributed by atoms with Crippen LogP contribution >= 0.6 is 0 Å². The molecule has 0 aliphatic rings.